The number of carbonyl (C=O) groups excluding carboxylic acids is 1. The second-order valence-corrected chi connectivity index (χ2v) is 4.72. The third kappa shape index (κ3) is 2.65. The van der Waals surface area contributed by atoms with Crippen LogP contribution in [0.15, 0.2) is 54.7 Å². The Kier molecular flexibility index (Phi) is 3.44. The Morgan fingerprint density at radius 3 is 2.62 bits per heavy atom. The Balaban J connectivity index is 1.84. The third-order valence-corrected chi connectivity index (χ3v) is 3.37. The molecule has 0 aliphatic heterocycles. The van der Waals surface area contributed by atoms with Crippen molar-refractivity contribution in [2.24, 2.45) is 0 Å². The number of carbonyl (C=O) groups is 1. The van der Waals surface area contributed by atoms with E-state index < -0.39 is 5.97 Å². The average Bonchev–Trinajstić information content (AvgIpc) is 2.90. The molecule has 0 bridgehead atoms. The highest BCUT2D eigenvalue weighted by Crippen LogP contribution is 2.22. The van der Waals surface area contributed by atoms with Crippen molar-refractivity contribution < 1.29 is 13.9 Å². The summed E-state index contributed by atoms with van der Waals surface area (Å²) in [6.07, 6.45) is 2.00. The number of ether oxygens (including phenoxy) is 1. The molecule has 0 fully saturated rings. The van der Waals surface area contributed by atoms with Crippen LogP contribution in [-0.2, 0) is 6.54 Å². The van der Waals surface area contributed by atoms with Crippen molar-refractivity contribution in [3.8, 4) is 5.75 Å². The van der Waals surface area contributed by atoms with Crippen LogP contribution in [0.2, 0.25) is 0 Å². The number of aryl methyl sites for hydroxylation is 1. The molecule has 2 aromatic carbocycles. The zero-order chi connectivity index (χ0) is 14.8. The predicted octanol–water partition coefficient (Wildman–Crippen LogP) is 4.02. The lowest BCUT2D eigenvalue weighted by Gasteiger charge is -2.05. The smallest absolute Gasteiger partial charge is 0.343 e. The molecule has 0 spiro atoms. The van der Waals surface area contributed by atoms with Crippen molar-refractivity contribution in [2.75, 3.05) is 0 Å². The quantitative estimate of drug-likeness (QED) is 0.537. The molecule has 3 aromatic rings. The average molecular weight is 283 g/mol. The number of fused-ring (bicyclic) bond motifs is 1. The number of hydrogen-bond donors (Lipinski definition) is 0. The molecule has 3 rings (SSSR count). The summed E-state index contributed by atoms with van der Waals surface area (Å²) in [7, 11) is 0. The van der Waals surface area contributed by atoms with Gasteiger partial charge in [-0.25, -0.2) is 9.18 Å². The van der Waals surface area contributed by atoms with E-state index in [2.05, 4.69) is 11.5 Å². The number of nitrogens with zero attached hydrogens (tertiary/aromatic N) is 1. The lowest BCUT2D eigenvalue weighted by molar-refractivity contribution is 0.0735. The van der Waals surface area contributed by atoms with Crippen LogP contribution in [0.5, 0.6) is 5.75 Å². The van der Waals surface area contributed by atoms with Gasteiger partial charge >= 0.3 is 5.97 Å². The van der Waals surface area contributed by atoms with Gasteiger partial charge in [0.2, 0.25) is 0 Å². The van der Waals surface area contributed by atoms with Gasteiger partial charge in [0.05, 0.1) is 5.56 Å². The van der Waals surface area contributed by atoms with E-state index >= 15 is 0 Å². The van der Waals surface area contributed by atoms with E-state index in [0.29, 0.717) is 11.3 Å². The maximum Gasteiger partial charge on any atom is 0.343 e. The number of aromatic nitrogens is 1. The maximum absolute atomic E-state index is 12.8. The topological polar surface area (TPSA) is 31.2 Å². The molecule has 3 nitrogen and oxygen atoms in total. The number of benzene rings is 2. The van der Waals surface area contributed by atoms with Crippen LogP contribution >= 0.6 is 0 Å². The SMILES string of the molecule is CCn1ccc2cc(OC(=O)c3ccc(F)cc3)ccc21. The highest BCUT2D eigenvalue weighted by atomic mass is 19.1. The van der Waals surface area contributed by atoms with Crippen LogP contribution < -0.4 is 4.74 Å². The van der Waals surface area contributed by atoms with E-state index in [9.17, 15) is 9.18 Å². The largest absolute Gasteiger partial charge is 0.423 e. The van der Waals surface area contributed by atoms with Gasteiger partial charge in [-0.15, -0.1) is 0 Å². The van der Waals surface area contributed by atoms with Gasteiger partial charge < -0.3 is 9.30 Å². The summed E-state index contributed by atoms with van der Waals surface area (Å²) in [6.45, 7) is 2.96. The first kappa shape index (κ1) is 13.4. The molecule has 0 atom stereocenters. The van der Waals surface area contributed by atoms with Crippen LogP contribution in [0.3, 0.4) is 0 Å². The van der Waals surface area contributed by atoms with Crippen molar-refractivity contribution in [3.63, 3.8) is 0 Å². The summed E-state index contributed by atoms with van der Waals surface area (Å²) in [6, 6.07) is 12.8. The van der Waals surface area contributed by atoms with Gasteiger partial charge in [0.1, 0.15) is 11.6 Å². The van der Waals surface area contributed by atoms with Crippen LogP contribution in [0.1, 0.15) is 17.3 Å². The zero-order valence-electron chi connectivity index (χ0n) is 11.5. The molecule has 0 saturated carbocycles. The molecular formula is C17H14FNO2. The Morgan fingerprint density at radius 1 is 1.14 bits per heavy atom. The van der Waals surface area contributed by atoms with Crippen molar-refractivity contribution in [1.82, 2.24) is 4.57 Å². The van der Waals surface area contributed by atoms with Gasteiger partial charge in [0.15, 0.2) is 0 Å². The molecule has 21 heavy (non-hydrogen) atoms. The summed E-state index contributed by atoms with van der Waals surface area (Å²) in [5.41, 5.74) is 1.42. The van der Waals surface area contributed by atoms with Gasteiger partial charge in [-0.1, -0.05) is 0 Å². The minimum atomic E-state index is -0.496. The fourth-order valence-electron chi connectivity index (χ4n) is 2.27. The standard InChI is InChI=1S/C17H14FNO2/c1-2-19-10-9-13-11-15(7-8-16(13)19)21-17(20)12-3-5-14(18)6-4-12/h3-11H,2H2,1H3. The van der Waals surface area contributed by atoms with Gasteiger partial charge in [-0.3, -0.25) is 0 Å². The molecule has 1 heterocycles. The molecule has 0 amide bonds. The second kappa shape index (κ2) is 5.40. The molecule has 4 heteroatoms. The van der Waals surface area contributed by atoms with E-state index in [4.69, 9.17) is 4.74 Å². The predicted molar refractivity (Wildman–Crippen MR) is 79.0 cm³/mol. The molecule has 0 aliphatic carbocycles. The Bertz CT molecular complexity index is 790. The molecular weight excluding hydrogens is 269 g/mol. The lowest BCUT2D eigenvalue weighted by atomic mass is 10.2. The first-order valence-electron chi connectivity index (χ1n) is 6.74. The van der Waals surface area contributed by atoms with Gasteiger partial charge in [0.25, 0.3) is 0 Å². The minimum Gasteiger partial charge on any atom is -0.423 e. The highest BCUT2D eigenvalue weighted by Gasteiger charge is 2.09. The Hall–Kier alpha value is -2.62. The summed E-state index contributed by atoms with van der Waals surface area (Å²) in [4.78, 5) is 12.0. The van der Waals surface area contributed by atoms with Gasteiger partial charge in [-0.05, 0) is 55.5 Å². The van der Waals surface area contributed by atoms with Gasteiger partial charge in [0, 0.05) is 23.6 Å². The minimum absolute atomic E-state index is 0.322. The molecule has 0 saturated heterocycles. The van der Waals surface area contributed by atoms with E-state index in [1.54, 1.807) is 6.07 Å². The number of esters is 1. The fourth-order valence-corrected chi connectivity index (χ4v) is 2.27. The monoisotopic (exact) mass is 283 g/mol. The molecule has 0 unspecified atom stereocenters. The molecule has 106 valence electrons. The van der Waals surface area contributed by atoms with E-state index in [0.717, 1.165) is 17.4 Å². The van der Waals surface area contributed by atoms with E-state index in [-0.39, 0.29) is 5.82 Å². The number of rotatable bonds is 3. The first-order valence-corrected chi connectivity index (χ1v) is 6.74. The summed E-state index contributed by atoms with van der Waals surface area (Å²) < 4.78 is 20.3. The van der Waals surface area contributed by atoms with Crippen molar-refractivity contribution in [2.45, 2.75) is 13.5 Å². The van der Waals surface area contributed by atoms with E-state index in [1.807, 2.05) is 24.4 Å². The molecule has 1 aromatic heterocycles. The molecule has 0 aliphatic rings. The molecule has 0 radical (unpaired) electrons. The van der Waals surface area contributed by atoms with E-state index in [1.165, 1.54) is 24.3 Å². The number of hydrogen-bond acceptors (Lipinski definition) is 2. The Morgan fingerprint density at radius 2 is 1.90 bits per heavy atom. The van der Waals surface area contributed by atoms with Crippen molar-refractivity contribution in [1.29, 1.82) is 0 Å². The maximum atomic E-state index is 12.8. The summed E-state index contributed by atoms with van der Waals surface area (Å²) in [5, 5.41) is 1.02. The highest BCUT2D eigenvalue weighted by molar-refractivity contribution is 5.91. The lowest BCUT2D eigenvalue weighted by Crippen LogP contribution is -2.08. The second-order valence-electron chi connectivity index (χ2n) is 4.72. The molecule has 0 N–H and O–H groups in total. The number of halogens is 1. The zero-order valence-corrected chi connectivity index (χ0v) is 11.5. The van der Waals surface area contributed by atoms with Gasteiger partial charge in [-0.2, -0.15) is 0 Å². The van der Waals surface area contributed by atoms with Crippen molar-refractivity contribution in [3.05, 3.63) is 66.1 Å². The van der Waals surface area contributed by atoms with Crippen LogP contribution in [-0.4, -0.2) is 10.5 Å². The van der Waals surface area contributed by atoms with Crippen LogP contribution in [0.25, 0.3) is 10.9 Å². The summed E-state index contributed by atoms with van der Waals surface area (Å²) in [5.74, 6) is -0.399. The normalized spacial score (nSPS) is 10.8. The third-order valence-electron chi connectivity index (χ3n) is 3.37. The van der Waals surface area contributed by atoms with Crippen LogP contribution in [0.4, 0.5) is 4.39 Å². The fraction of sp³-hybridized carbons (Fsp3) is 0.118. The van der Waals surface area contributed by atoms with Crippen LogP contribution in [0, 0.1) is 5.82 Å². The first-order chi connectivity index (χ1) is 10.2. The summed E-state index contributed by atoms with van der Waals surface area (Å²) >= 11 is 0. The Labute approximate surface area is 121 Å². The van der Waals surface area contributed by atoms with Crippen molar-refractivity contribution >= 4 is 16.9 Å².